The summed E-state index contributed by atoms with van der Waals surface area (Å²) in [5, 5.41) is 1.86. The van der Waals surface area contributed by atoms with Crippen molar-refractivity contribution < 1.29 is 14.3 Å². The van der Waals surface area contributed by atoms with E-state index in [1.165, 1.54) is 6.07 Å². The van der Waals surface area contributed by atoms with Crippen LogP contribution in [0.1, 0.15) is 30.4 Å². The lowest BCUT2D eigenvalue weighted by molar-refractivity contribution is -0.115. The van der Waals surface area contributed by atoms with E-state index in [0.29, 0.717) is 23.8 Å². The van der Waals surface area contributed by atoms with Crippen LogP contribution in [0.5, 0.6) is 5.75 Å². The smallest absolute Gasteiger partial charge is 0.290 e. The van der Waals surface area contributed by atoms with Crippen molar-refractivity contribution in [2.75, 3.05) is 6.61 Å². The van der Waals surface area contributed by atoms with Crippen molar-refractivity contribution in [1.29, 1.82) is 0 Å². The second-order valence-electron chi connectivity index (χ2n) is 6.32. The molecule has 0 unspecified atom stereocenters. The first kappa shape index (κ1) is 19.9. The number of carbonyl (C=O) groups is 2. The predicted octanol–water partition coefficient (Wildman–Crippen LogP) is 2.91. The molecule has 1 aliphatic heterocycles. The third-order valence-corrected chi connectivity index (χ3v) is 4.90. The molecule has 8 heteroatoms. The van der Waals surface area contributed by atoms with Gasteiger partial charge in [0.1, 0.15) is 18.2 Å². The molecular formula is C20H21N3O4S. The molecule has 0 spiro atoms. The second kappa shape index (κ2) is 8.88. The molecule has 1 fully saturated rings. The quantitative estimate of drug-likeness (QED) is 0.720. The summed E-state index contributed by atoms with van der Waals surface area (Å²) in [6, 6.07) is 8.72. The van der Waals surface area contributed by atoms with Crippen LogP contribution >= 0.6 is 11.8 Å². The minimum Gasteiger partial charge on any atom is -0.492 e. The topological polar surface area (TPSA) is 90.3 Å². The van der Waals surface area contributed by atoms with Gasteiger partial charge in [0.05, 0.1) is 11.4 Å². The first-order valence-electron chi connectivity index (χ1n) is 9.01. The van der Waals surface area contributed by atoms with Crippen molar-refractivity contribution in [3.63, 3.8) is 0 Å². The first-order chi connectivity index (χ1) is 13.5. The third kappa shape index (κ3) is 4.89. The highest BCUT2D eigenvalue weighted by atomic mass is 32.2. The molecule has 2 aromatic rings. The van der Waals surface area contributed by atoms with Crippen LogP contribution in [0.15, 0.2) is 40.0 Å². The number of amides is 2. The second-order valence-corrected chi connectivity index (χ2v) is 7.34. The molecule has 7 nitrogen and oxygen atoms in total. The summed E-state index contributed by atoms with van der Waals surface area (Å²) in [7, 11) is 0. The number of ether oxygens (including phenoxy) is 1. The molecule has 0 aliphatic carbocycles. The van der Waals surface area contributed by atoms with Gasteiger partial charge >= 0.3 is 0 Å². The monoisotopic (exact) mass is 399 g/mol. The lowest BCUT2D eigenvalue weighted by atomic mass is 10.2. The molecule has 28 heavy (non-hydrogen) atoms. The van der Waals surface area contributed by atoms with Crippen molar-refractivity contribution in [3.8, 4) is 5.75 Å². The fourth-order valence-corrected chi connectivity index (χ4v) is 3.50. The number of thioether (sulfide) groups is 1. The van der Waals surface area contributed by atoms with Crippen molar-refractivity contribution in [2.24, 2.45) is 0 Å². The minimum atomic E-state index is -0.379. The average molecular weight is 399 g/mol. The Hall–Kier alpha value is -2.87. The van der Waals surface area contributed by atoms with E-state index in [4.69, 9.17) is 4.74 Å². The zero-order chi connectivity index (χ0) is 20.1. The Bertz CT molecular complexity index is 980. The van der Waals surface area contributed by atoms with Gasteiger partial charge in [0.15, 0.2) is 0 Å². The Kier molecular flexibility index (Phi) is 6.30. The van der Waals surface area contributed by atoms with Gasteiger partial charge in [0, 0.05) is 18.2 Å². The molecule has 1 aromatic heterocycles. The maximum atomic E-state index is 12.2. The number of hydrogen-bond acceptors (Lipinski definition) is 6. The van der Waals surface area contributed by atoms with Crippen LogP contribution in [0.3, 0.4) is 0 Å². The summed E-state index contributed by atoms with van der Waals surface area (Å²) in [5.41, 5.74) is 1.46. The average Bonchev–Trinajstić information content (AvgIpc) is 2.96. The number of imide groups is 1. The summed E-state index contributed by atoms with van der Waals surface area (Å²) in [6.07, 6.45) is 3.31. The lowest BCUT2D eigenvalue weighted by Crippen LogP contribution is -2.27. The van der Waals surface area contributed by atoms with Gasteiger partial charge in [0.2, 0.25) is 0 Å². The number of aromatic nitrogens is 2. The maximum absolute atomic E-state index is 12.2. The van der Waals surface area contributed by atoms with E-state index in [0.717, 1.165) is 41.7 Å². The van der Waals surface area contributed by atoms with Gasteiger partial charge in [-0.25, -0.2) is 4.98 Å². The summed E-state index contributed by atoms with van der Waals surface area (Å²) in [4.78, 5) is 39.8. The molecule has 2 heterocycles. The SMILES string of the molecule is CCCc1nc(C)cc(=O)n1CCOc1ccc(C=C2SC(=O)NC2=O)cc1. The Morgan fingerprint density at radius 2 is 1.96 bits per heavy atom. The number of rotatable bonds is 7. The van der Waals surface area contributed by atoms with Crippen LogP contribution in [0, 0.1) is 6.92 Å². The van der Waals surface area contributed by atoms with Crippen molar-refractivity contribution in [1.82, 2.24) is 14.9 Å². The molecule has 0 bridgehead atoms. The summed E-state index contributed by atoms with van der Waals surface area (Å²) < 4.78 is 7.40. The largest absolute Gasteiger partial charge is 0.492 e. The molecule has 0 radical (unpaired) electrons. The fraction of sp³-hybridized carbons (Fsp3) is 0.300. The van der Waals surface area contributed by atoms with E-state index in [1.54, 1.807) is 34.9 Å². The van der Waals surface area contributed by atoms with Crippen LogP contribution in [0.25, 0.3) is 6.08 Å². The van der Waals surface area contributed by atoms with E-state index >= 15 is 0 Å². The molecular weight excluding hydrogens is 378 g/mol. The Morgan fingerprint density at radius 1 is 1.21 bits per heavy atom. The molecule has 1 aromatic carbocycles. The molecule has 146 valence electrons. The number of nitrogens with zero attached hydrogens (tertiary/aromatic N) is 2. The minimum absolute atomic E-state index is 0.0663. The Labute approximate surface area is 166 Å². The predicted molar refractivity (Wildman–Crippen MR) is 108 cm³/mol. The van der Waals surface area contributed by atoms with Crippen LogP contribution in [0.4, 0.5) is 4.79 Å². The van der Waals surface area contributed by atoms with E-state index in [1.807, 2.05) is 6.92 Å². The normalized spacial score (nSPS) is 15.1. The third-order valence-electron chi connectivity index (χ3n) is 4.09. The van der Waals surface area contributed by atoms with Gasteiger partial charge in [-0.1, -0.05) is 19.1 Å². The standard InChI is InChI=1S/C20H21N3O4S/c1-3-4-17-21-13(2)11-18(24)23(17)9-10-27-15-7-5-14(6-8-15)12-16-19(25)22-20(26)28-16/h5-8,11-12H,3-4,9-10H2,1-2H3,(H,22,25,26). The summed E-state index contributed by atoms with van der Waals surface area (Å²) in [6.45, 7) is 4.64. The molecule has 0 atom stereocenters. The summed E-state index contributed by atoms with van der Waals surface area (Å²) >= 11 is 0.884. The number of benzene rings is 1. The highest BCUT2D eigenvalue weighted by Crippen LogP contribution is 2.26. The van der Waals surface area contributed by atoms with E-state index < -0.39 is 0 Å². The van der Waals surface area contributed by atoms with Gasteiger partial charge in [-0.05, 0) is 48.9 Å². The van der Waals surface area contributed by atoms with Gasteiger partial charge in [-0.15, -0.1) is 0 Å². The fourth-order valence-electron chi connectivity index (χ4n) is 2.82. The Morgan fingerprint density at radius 3 is 2.61 bits per heavy atom. The Balaban J connectivity index is 1.62. The number of carbonyl (C=O) groups excluding carboxylic acids is 2. The zero-order valence-electron chi connectivity index (χ0n) is 15.7. The molecule has 1 aliphatic rings. The van der Waals surface area contributed by atoms with Crippen molar-refractivity contribution in [3.05, 3.63) is 62.7 Å². The molecule has 0 saturated carbocycles. The number of aryl methyl sites for hydroxylation is 2. The van der Waals surface area contributed by atoms with Crippen molar-refractivity contribution in [2.45, 2.75) is 33.2 Å². The summed E-state index contributed by atoms with van der Waals surface area (Å²) in [5.74, 6) is 1.06. The highest BCUT2D eigenvalue weighted by Gasteiger charge is 2.24. The van der Waals surface area contributed by atoms with Gasteiger partial charge in [-0.3, -0.25) is 24.3 Å². The number of nitrogens with one attached hydrogen (secondary N) is 1. The lowest BCUT2D eigenvalue weighted by Gasteiger charge is -2.13. The van der Waals surface area contributed by atoms with E-state index in [2.05, 4.69) is 17.2 Å². The zero-order valence-corrected chi connectivity index (χ0v) is 16.5. The molecule has 3 rings (SSSR count). The van der Waals surface area contributed by atoms with E-state index in [9.17, 15) is 14.4 Å². The van der Waals surface area contributed by atoms with Crippen LogP contribution in [-0.4, -0.2) is 27.3 Å². The van der Waals surface area contributed by atoms with Gasteiger partial charge in [0.25, 0.3) is 16.7 Å². The van der Waals surface area contributed by atoms with Gasteiger partial charge < -0.3 is 4.74 Å². The van der Waals surface area contributed by atoms with Crippen molar-refractivity contribution >= 4 is 29.0 Å². The highest BCUT2D eigenvalue weighted by molar-refractivity contribution is 8.18. The van der Waals surface area contributed by atoms with Crippen LogP contribution in [0.2, 0.25) is 0 Å². The molecule has 2 amide bonds. The van der Waals surface area contributed by atoms with Gasteiger partial charge in [-0.2, -0.15) is 0 Å². The maximum Gasteiger partial charge on any atom is 0.290 e. The first-order valence-corrected chi connectivity index (χ1v) is 9.83. The van der Waals surface area contributed by atoms with Crippen LogP contribution < -0.4 is 15.6 Å². The molecule has 1 N–H and O–H groups in total. The van der Waals surface area contributed by atoms with Crippen LogP contribution in [-0.2, 0) is 17.8 Å². The number of hydrogen-bond donors (Lipinski definition) is 1. The van der Waals surface area contributed by atoms with E-state index in [-0.39, 0.29) is 16.7 Å². The molecule has 1 saturated heterocycles.